The molecule has 2 rings (SSSR count). The summed E-state index contributed by atoms with van der Waals surface area (Å²) < 4.78 is 10.7. The van der Waals surface area contributed by atoms with Gasteiger partial charge in [-0.05, 0) is 44.9 Å². The van der Waals surface area contributed by atoms with E-state index >= 15 is 0 Å². The van der Waals surface area contributed by atoms with E-state index in [9.17, 15) is 9.59 Å². The molecule has 1 aromatic carbocycles. The maximum Gasteiger partial charge on any atom is 0.340 e. The normalized spacial score (nSPS) is 10.5. The number of benzene rings is 1. The van der Waals surface area contributed by atoms with Crippen LogP contribution in [0.25, 0.3) is 0 Å². The zero-order valence-corrected chi connectivity index (χ0v) is 15.8. The Balaban J connectivity index is 1.93. The molecule has 26 heavy (non-hydrogen) atoms. The smallest absolute Gasteiger partial charge is 0.340 e. The number of amides is 1. The number of aromatic amines is 1. The van der Waals surface area contributed by atoms with Crippen LogP contribution >= 0.6 is 0 Å². The van der Waals surface area contributed by atoms with Crippen LogP contribution in [0.2, 0.25) is 0 Å². The van der Waals surface area contributed by atoms with Crippen LogP contribution in [0.4, 0.5) is 0 Å². The number of para-hydroxylation sites is 1. The van der Waals surface area contributed by atoms with Gasteiger partial charge in [0.1, 0.15) is 11.4 Å². The van der Waals surface area contributed by atoms with E-state index in [-0.39, 0.29) is 5.91 Å². The molecule has 1 heterocycles. The number of aryl methyl sites for hydroxylation is 1. The highest BCUT2D eigenvalue weighted by Gasteiger charge is 2.24. The van der Waals surface area contributed by atoms with Crippen molar-refractivity contribution in [3.63, 3.8) is 0 Å². The summed E-state index contributed by atoms with van der Waals surface area (Å²) in [7, 11) is 1.74. The van der Waals surface area contributed by atoms with Crippen LogP contribution in [0.3, 0.4) is 0 Å². The van der Waals surface area contributed by atoms with Gasteiger partial charge in [0.25, 0.3) is 5.91 Å². The minimum absolute atomic E-state index is 0.152. The first kappa shape index (κ1) is 19.6. The van der Waals surface area contributed by atoms with Crippen molar-refractivity contribution in [1.82, 2.24) is 9.88 Å². The van der Waals surface area contributed by atoms with Crippen LogP contribution < -0.4 is 4.74 Å². The lowest BCUT2D eigenvalue weighted by molar-refractivity contribution is 0.0525. The highest BCUT2D eigenvalue weighted by molar-refractivity contribution is 6.00. The number of ether oxygens (including phenoxy) is 2. The van der Waals surface area contributed by atoms with Crippen molar-refractivity contribution in [2.45, 2.75) is 27.2 Å². The van der Waals surface area contributed by atoms with Crippen molar-refractivity contribution in [2.24, 2.45) is 0 Å². The Morgan fingerprint density at radius 2 is 1.85 bits per heavy atom. The quantitative estimate of drug-likeness (QED) is 0.580. The molecule has 0 aliphatic carbocycles. The van der Waals surface area contributed by atoms with E-state index in [1.54, 1.807) is 32.7 Å². The van der Waals surface area contributed by atoms with Crippen LogP contribution in [0.15, 0.2) is 30.3 Å². The van der Waals surface area contributed by atoms with Gasteiger partial charge < -0.3 is 19.4 Å². The molecule has 0 saturated heterocycles. The number of aromatic nitrogens is 1. The average Bonchev–Trinajstić information content (AvgIpc) is 2.93. The summed E-state index contributed by atoms with van der Waals surface area (Å²) in [6.45, 7) is 6.66. The molecule has 0 spiro atoms. The van der Waals surface area contributed by atoms with Gasteiger partial charge >= 0.3 is 5.97 Å². The molecule has 0 radical (unpaired) electrons. The molecule has 0 saturated carbocycles. The van der Waals surface area contributed by atoms with Crippen LogP contribution in [-0.2, 0) is 4.74 Å². The maximum atomic E-state index is 12.7. The molecule has 0 fully saturated rings. The van der Waals surface area contributed by atoms with Crippen molar-refractivity contribution < 1.29 is 19.1 Å². The second kappa shape index (κ2) is 9.08. The maximum absolute atomic E-state index is 12.7. The van der Waals surface area contributed by atoms with Gasteiger partial charge in [-0.15, -0.1) is 0 Å². The summed E-state index contributed by atoms with van der Waals surface area (Å²) in [5.41, 5.74) is 2.14. The van der Waals surface area contributed by atoms with Gasteiger partial charge in [-0.1, -0.05) is 18.2 Å². The molecule has 0 atom stereocenters. The molecule has 0 unspecified atom stereocenters. The zero-order chi connectivity index (χ0) is 19.1. The number of esters is 1. The van der Waals surface area contributed by atoms with Gasteiger partial charge in [0.05, 0.1) is 18.8 Å². The average molecular weight is 358 g/mol. The Hall–Kier alpha value is -2.76. The van der Waals surface area contributed by atoms with Crippen molar-refractivity contribution in [1.29, 1.82) is 0 Å². The number of rotatable bonds is 8. The summed E-state index contributed by atoms with van der Waals surface area (Å²) in [6.07, 6.45) is 0.709. The number of carbonyl (C=O) groups excluding carboxylic acids is 2. The van der Waals surface area contributed by atoms with E-state index in [1.807, 2.05) is 30.3 Å². The minimum Gasteiger partial charge on any atom is -0.494 e. The Morgan fingerprint density at radius 1 is 1.15 bits per heavy atom. The number of hydrogen-bond acceptors (Lipinski definition) is 4. The Labute approximate surface area is 154 Å². The molecule has 2 aromatic rings. The zero-order valence-electron chi connectivity index (χ0n) is 15.8. The molecule has 6 nitrogen and oxygen atoms in total. The van der Waals surface area contributed by atoms with E-state index in [0.29, 0.717) is 48.7 Å². The molecule has 1 amide bonds. The van der Waals surface area contributed by atoms with Gasteiger partial charge in [-0.2, -0.15) is 0 Å². The fourth-order valence-corrected chi connectivity index (χ4v) is 2.77. The third-order valence-electron chi connectivity index (χ3n) is 4.13. The third kappa shape index (κ3) is 4.65. The van der Waals surface area contributed by atoms with Gasteiger partial charge in [-0.25, -0.2) is 4.79 Å². The molecular formula is C20H26N2O4. The first-order chi connectivity index (χ1) is 12.5. The van der Waals surface area contributed by atoms with Crippen LogP contribution in [-0.4, -0.2) is 48.6 Å². The van der Waals surface area contributed by atoms with E-state index in [0.717, 1.165) is 5.75 Å². The van der Waals surface area contributed by atoms with E-state index in [2.05, 4.69) is 4.98 Å². The summed E-state index contributed by atoms with van der Waals surface area (Å²) in [5, 5.41) is 0. The SMILES string of the molecule is CCOC(=O)c1c(C)[nH]c(C(=O)N(C)CCCOc2ccccc2)c1C. The summed E-state index contributed by atoms with van der Waals surface area (Å²) >= 11 is 0. The molecule has 6 heteroatoms. The van der Waals surface area contributed by atoms with E-state index < -0.39 is 5.97 Å². The van der Waals surface area contributed by atoms with Gasteiger partial charge in [0.2, 0.25) is 0 Å². The largest absolute Gasteiger partial charge is 0.494 e. The number of carbonyl (C=O) groups is 2. The monoisotopic (exact) mass is 358 g/mol. The Morgan fingerprint density at radius 3 is 2.50 bits per heavy atom. The van der Waals surface area contributed by atoms with Crippen molar-refractivity contribution in [3.05, 3.63) is 52.8 Å². The molecule has 1 N–H and O–H groups in total. The highest BCUT2D eigenvalue weighted by atomic mass is 16.5. The molecular weight excluding hydrogens is 332 g/mol. The minimum atomic E-state index is -0.406. The van der Waals surface area contributed by atoms with Gasteiger partial charge in [0.15, 0.2) is 0 Å². The molecule has 0 aliphatic heterocycles. The highest BCUT2D eigenvalue weighted by Crippen LogP contribution is 2.20. The lowest BCUT2D eigenvalue weighted by atomic mass is 10.1. The number of H-pyrrole nitrogens is 1. The number of nitrogens with zero attached hydrogens (tertiary/aromatic N) is 1. The Kier molecular flexibility index (Phi) is 6.83. The third-order valence-corrected chi connectivity index (χ3v) is 4.13. The predicted molar refractivity (Wildman–Crippen MR) is 99.7 cm³/mol. The van der Waals surface area contributed by atoms with Crippen molar-refractivity contribution >= 4 is 11.9 Å². The van der Waals surface area contributed by atoms with Gasteiger partial charge in [-0.3, -0.25) is 4.79 Å². The topological polar surface area (TPSA) is 71.6 Å². The second-order valence-electron chi connectivity index (χ2n) is 6.09. The van der Waals surface area contributed by atoms with E-state index in [1.165, 1.54) is 0 Å². The van der Waals surface area contributed by atoms with Crippen LogP contribution in [0.5, 0.6) is 5.75 Å². The fraction of sp³-hybridized carbons (Fsp3) is 0.400. The van der Waals surface area contributed by atoms with Crippen LogP contribution in [0, 0.1) is 13.8 Å². The Bertz CT molecular complexity index is 753. The van der Waals surface area contributed by atoms with Gasteiger partial charge in [0, 0.05) is 19.3 Å². The summed E-state index contributed by atoms with van der Waals surface area (Å²) in [5.74, 6) is 0.258. The number of hydrogen-bond donors (Lipinski definition) is 1. The van der Waals surface area contributed by atoms with Crippen LogP contribution in [0.1, 0.15) is 45.4 Å². The van der Waals surface area contributed by atoms with E-state index in [4.69, 9.17) is 9.47 Å². The lowest BCUT2D eigenvalue weighted by Crippen LogP contribution is -2.29. The standard InChI is InChI=1S/C20H26N2O4/c1-5-25-20(24)17-14(2)18(21-15(17)3)19(23)22(4)12-9-13-26-16-10-7-6-8-11-16/h6-8,10-11,21H,5,9,12-13H2,1-4H3. The van der Waals surface area contributed by atoms with Crippen molar-refractivity contribution in [3.8, 4) is 5.75 Å². The summed E-state index contributed by atoms with van der Waals surface area (Å²) in [4.78, 5) is 29.4. The lowest BCUT2D eigenvalue weighted by Gasteiger charge is -2.17. The molecule has 0 bridgehead atoms. The molecule has 140 valence electrons. The number of nitrogens with one attached hydrogen (secondary N) is 1. The first-order valence-corrected chi connectivity index (χ1v) is 8.75. The molecule has 1 aromatic heterocycles. The fourth-order valence-electron chi connectivity index (χ4n) is 2.77. The summed E-state index contributed by atoms with van der Waals surface area (Å²) in [6, 6.07) is 9.57. The second-order valence-corrected chi connectivity index (χ2v) is 6.09. The predicted octanol–water partition coefficient (Wildman–Crippen LogP) is 3.35. The van der Waals surface area contributed by atoms with Crippen molar-refractivity contribution in [2.75, 3.05) is 26.8 Å². The molecule has 0 aliphatic rings. The first-order valence-electron chi connectivity index (χ1n) is 8.75.